The average Bonchev–Trinajstić information content (AvgIpc) is 2.33. The fourth-order valence-corrected chi connectivity index (χ4v) is 1.06. The molecule has 2 heterocycles. The topological polar surface area (TPSA) is 17.3 Å². The van der Waals surface area contributed by atoms with E-state index in [1.165, 1.54) is 0 Å². The highest BCUT2D eigenvalue weighted by Crippen LogP contribution is 2.10. The molecule has 0 aromatic carbocycles. The van der Waals surface area contributed by atoms with Crippen LogP contribution in [0, 0.1) is 0 Å². The lowest BCUT2D eigenvalue weighted by Gasteiger charge is -1.90. The van der Waals surface area contributed by atoms with Gasteiger partial charge < -0.3 is 0 Å². The van der Waals surface area contributed by atoms with Crippen molar-refractivity contribution in [3.05, 3.63) is 35.6 Å². The Labute approximate surface area is 63.0 Å². The van der Waals surface area contributed by atoms with Crippen LogP contribution in [-0.4, -0.2) is 9.61 Å². The minimum absolute atomic E-state index is 0.744. The van der Waals surface area contributed by atoms with Crippen LogP contribution in [0.2, 0.25) is 5.02 Å². The summed E-state index contributed by atoms with van der Waals surface area (Å²) in [4.78, 5) is 0. The van der Waals surface area contributed by atoms with Gasteiger partial charge in [0.05, 0.1) is 5.52 Å². The number of hydrogen-bond donors (Lipinski definition) is 0. The SMILES string of the molecule is Clc1ccn2nccc2c1. The molecule has 0 spiro atoms. The quantitative estimate of drug-likeness (QED) is 0.564. The summed E-state index contributed by atoms with van der Waals surface area (Å²) >= 11 is 5.73. The Morgan fingerprint density at radius 2 is 2.30 bits per heavy atom. The molecule has 0 saturated carbocycles. The highest BCUT2D eigenvalue weighted by molar-refractivity contribution is 6.30. The van der Waals surface area contributed by atoms with Gasteiger partial charge in [-0.15, -0.1) is 0 Å². The van der Waals surface area contributed by atoms with Gasteiger partial charge in [-0.25, -0.2) is 4.52 Å². The van der Waals surface area contributed by atoms with Gasteiger partial charge in [-0.2, -0.15) is 5.10 Å². The van der Waals surface area contributed by atoms with Crippen LogP contribution in [0.5, 0.6) is 0 Å². The summed E-state index contributed by atoms with van der Waals surface area (Å²) in [5.41, 5.74) is 1.02. The van der Waals surface area contributed by atoms with E-state index in [1.807, 2.05) is 24.4 Å². The highest BCUT2D eigenvalue weighted by atomic mass is 35.5. The molecule has 0 radical (unpaired) electrons. The van der Waals surface area contributed by atoms with Crippen LogP contribution in [0.3, 0.4) is 0 Å². The zero-order valence-electron chi connectivity index (χ0n) is 5.16. The van der Waals surface area contributed by atoms with E-state index < -0.39 is 0 Å². The van der Waals surface area contributed by atoms with Crippen LogP contribution >= 0.6 is 11.6 Å². The van der Waals surface area contributed by atoms with Crippen molar-refractivity contribution < 1.29 is 0 Å². The molecule has 0 unspecified atom stereocenters. The van der Waals surface area contributed by atoms with Crippen molar-refractivity contribution in [2.75, 3.05) is 0 Å². The lowest BCUT2D eigenvalue weighted by Crippen LogP contribution is -1.82. The smallest absolute Gasteiger partial charge is 0.0676 e. The van der Waals surface area contributed by atoms with Crippen LogP contribution in [-0.2, 0) is 0 Å². The van der Waals surface area contributed by atoms with Crippen molar-refractivity contribution in [2.45, 2.75) is 0 Å². The molecule has 0 saturated heterocycles. The van der Waals surface area contributed by atoms with Crippen molar-refractivity contribution in [1.82, 2.24) is 9.61 Å². The molecule has 2 rings (SSSR count). The van der Waals surface area contributed by atoms with Gasteiger partial charge in [-0.1, -0.05) is 11.6 Å². The fraction of sp³-hybridized carbons (Fsp3) is 0. The standard InChI is InChI=1S/C7H5ClN2/c8-6-2-4-10-7(5-6)1-3-9-10/h1-5H. The molecule has 10 heavy (non-hydrogen) atoms. The number of nitrogens with zero attached hydrogens (tertiary/aromatic N) is 2. The van der Waals surface area contributed by atoms with Crippen LogP contribution in [0.4, 0.5) is 0 Å². The molecule has 0 aliphatic rings. The van der Waals surface area contributed by atoms with Gasteiger partial charge in [-0.05, 0) is 18.2 Å². The third-order valence-corrected chi connectivity index (χ3v) is 1.60. The van der Waals surface area contributed by atoms with Crippen LogP contribution < -0.4 is 0 Å². The van der Waals surface area contributed by atoms with Crippen molar-refractivity contribution in [1.29, 1.82) is 0 Å². The third kappa shape index (κ3) is 0.772. The van der Waals surface area contributed by atoms with E-state index >= 15 is 0 Å². The number of halogens is 1. The molecule has 2 nitrogen and oxygen atoms in total. The molecule has 2 aromatic rings. The Kier molecular flexibility index (Phi) is 1.14. The minimum atomic E-state index is 0.744. The summed E-state index contributed by atoms with van der Waals surface area (Å²) in [6.45, 7) is 0. The zero-order valence-corrected chi connectivity index (χ0v) is 5.92. The van der Waals surface area contributed by atoms with Gasteiger partial charge in [0.25, 0.3) is 0 Å². The minimum Gasteiger partial charge on any atom is -0.241 e. The Hall–Kier alpha value is -1.02. The molecule has 0 amide bonds. The zero-order chi connectivity index (χ0) is 6.97. The molecule has 50 valence electrons. The molecule has 3 heteroatoms. The maximum absolute atomic E-state index is 5.73. The van der Waals surface area contributed by atoms with E-state index in [9.17, 15) is 0 Å². The number of aromatic nitrogens is 2. The van der Waals surface area contributed by atoms with E-state index in [0.29, 0.717) is 0 Å². The van der Waals surface area contributed by atoms with Crippen LogP contribution in [0.15, 0.2) is 30.6 Å². The number of fused-ring (bicyclic) bond motifs is 1. The molecule has 2 aromatic heterocycles. The average molecular weight is 153 g/mol. The third-order valence-electron chi connectivity index (χ3n) is 1.36. The second-order valence-corrected chi connectivity index (χ2v) is 2.48. The van der Waals surface area contributed by atoms with E-state index in [1.54, 1.807) is 10.7 Å². The summed E-state index contributed by atoms with van der Waals surface area (Å²) in [5.74, 6) is 0. The largest absolute Gasteiger partial charge is 0.241 e. The van der Waals surface area contributed by atoms with Crippen molar-refractivity contribution in [3.8, 4) is 0 Å². The summed E-state index contributed by atoms with van der Waals surface area (Å²) < 4.78 is 1.77. The number of pyridine rings is 1. The first kappa shape index (κ1) is 5.74. The lowest BCUT2D eigenvalue weighted by atomic mass is 10.4. The second-order valence-electron chi connectivity index (χ2n) is 2.05. The van der Waals surface area contributed by atoms with Crippen molar-refractivity contribution >= 4 is 17.1 Å². The van der Waals surface area contributed by atoms with Gasteiger partial charge in [0.15, 0.2) is 0 Å². The lowest BCUT2D eigenvalue weighted by molar-refractivity contribution is 0.961. The van der Waals surface area contributed by atoms with Gasteiger partial charge in [0, 0.05) is 17.4 Å². The molecular formula is C7H5ClN2. The first-order valence-electron chi connectivity index (χ1n) is 2.95. The van der Waals surface area contributed by atoms with Gasteiger partial charge in [-0.3, -0.25) is 0 Å². The predicted octanol–water partition coefficient (Wildman–Crippen LogP) is 1.99. The Morgan fingerprint density at radius 1 is 1.40 bits per heavy atom. The number of hydrogen-bond acceptors (Lipinski definition) is 1. The van der Waals surface area contributed by atoms with E-state index in [2.05, 4.69) is 5.10 Å². The highest BCUT2D eigenvalue weighted by Gasteiger charge is 1.91. The van der Waals surface area contributed by atoms with Gasteiger partial charge in [0.1, 0.15) is 0 Å². The van der Waals surface area contributed by atoms with E-state index in [0.717, 1.165) is 10.5 Å². The normalized spacial score (nSPS) is 10.5. The first-order valence-corrected chi connectivity index (χ1v) is 3.33. The second kappa shape index (κ2) is 1.99. The molecule has 0 atom stereocenters. The Bertz CT molecular complexity index is 353. The molecule has 0 N–H and O–H groups in total. The van der Waals surface area contributed by atoms with E-state index in [-0.39, 0.29) is 0 Å². The maximum Gasteiger partial charge on any atom is 0.0676 e. The van der Waals surface area contributed by atoms with Gasteiger partial charge >= 0.3 is 0 Å². The molecule has 0 fully saturated rings. The van der Waals surface area contributed by atoms with Crippen LogP contribution in [0.25, 0.3) is 5.52 Å². The Morgan fingerprint density at radius 3 is 3.20 bits per heavy atom. The number of rotatable bonds is 0. The molecule has 0 aliphatic carbocycles. The van der Waals surface area contributed by atoms with Crippen LogP contribution in [0.1, 0.15) is 0 Å². The Balaban J connectivity index is 2.86. The molecule has 0 aliphatic heterocycles. The molecule has 0 bridgehead atoms. The monoisotopic (exact) mass is 152 g/mol. The summed E-state index contributed by atoms with van der Waals surface area (Å²) in [6, 6.07) is 5.59. The summed E-state index contributed by atoms with van der Waals surface area (Å²) in [6.07, 6.45) is 3.57. The maximum atomic E-state index is 5.73. The predicted molar refractivity (Wildman–Crippen MR) is 40.2 cm³/mol. The van der Waals surface area contributed by atoms with Crippen molar-refractivity contribution in [3.63, 3.8) is 0 Å². The van der Waals surface area contributed by atoms with Gasteiger partial charge in [0.2, 0.25) is 0 Å². The first-order chi connectivity index (χ1) is 4.86. The van der Waals surface area contributed by atoms with Crippen molar-refractivity contribution in [2.24, 2.45) is 0 Å². The van der Waals surface area contributed by atoms with E-state index in [4.69, 9.17) is 11.6 Å². The summed E-state index contributed by atoms with van der Waals surface area (Å²) in [5, 5.41) is 4.76. The molecular weight excluding hydrogens is 148 g/mol. The fourth-order valence-electron chi connectivity index (χ4n) is 0.895. The summed E-state index contributed by atoms with van der Waals surface area (Å²) in [7, 11) is 0.